The lowest BCUT2D eigenvalue weighted by Gasteiger charge is -2.53. The fourth-order valence-corrected chi connectivity index (χ4v) is 3.83. The monoisotopic (exact) mass is 337 g/mol. The molecule has 1 aromatic rings. The minimum Gasteiger partial charge on any atom is -0.361 e. The van der Waals surface area contributed by atoms with Gasteiger partial charge in [0.15, 0.2) is 0 Å². The quantitative estimate of drug-likeness (QED) is 0.565. The summed E-state index contributed by atoms with van der Waals surface area (Å²) >= 11 is 0. The number of imidazole rings is 1. The first-order chi connectivity index (χ1) is 10.7. The summed E-state index contributed by atoms with van der Waals surface area (Å²) in [6.07, 6.45) is 4.30. The fourth-order valence-electron chi connectivity index (χ4n) is 3.07. The van der Waals surface area contributed by atoms with Crippen molar-refractivity contribution in [2.24, 2.45) is 5.41 Å². The second-order valence-electron chi connectivity index (χ2n) is 8.37. The van der Waals surface area contributed by atoms with E-state index in [1.807, 2.05) is 22.6 Å². The zero-order chi connectivity index (χ0) is 17.3. The standard InChI is InChI=1S/C17H31N3O2Si/c1-7-14(21)20-12-17(2,3)15(20)16-18-8-9-19(16)13-22-10-11-23(4,5)6/h8-9,15H,7,10-13H2,1-6H3. The maximum atomic E-state index is 12.1. The molecule has 23 heavy (non-hydrogen) atoms. The minimum absolute atomic E-state index is 0.0468. The summed E-state index contributed by atoms with van der Waals surface area (Å²) < 4.78 is 7.91. The predicted molar refractivity (Wildman–Crippen MR) is 94.9 cm³/mol. The largest absolute Gasteiger partial charge is 0.361 e. The first-order valence-electron chi connectivity index (χ1n) is 8.54. The van der Waals surface area contributed by atoms with Crippen molar-refractivity contribution in [3.05, 3.63) is 18.2 Å². The normalized spacial score (nSPS) is 20.4. The third kappa shape index (κ3) is 4.23. The highest BCUT2D eigenvalue weighted by Crippen LogP contribution is 2.47. The Morgan fingerprint density at radius 3 is 2.70 bits per heavy atom. The van der Waals surface area contributed by atoms with Crippen LogP contribution in [0.15, 0.2) is 12.4 Å². The highest BCUT2D eigenvalue weighted by Gasteiger charge is 2.50. The molecule has 2 rings (SSSR count). The number of aromatic nitrogens is 2. The summed E-state index contributed by atoms with van der Waals surface area (Å²) in [5.41, 5.74) is 0.0618. The van der Waals surface area contributed by atoms with E-state index < -0.39 is 8.07 Å². The van der Waals surface area contributed by atoms with Gasteiger partial charge in [0, 0.05) is 45.5 Å². The molecule has 1 unspecified atom stereocenters. The lowest BCUT2D eigenvalue weighted by atomic mass is 9.74. The number of amides is 1. The van der Waals surface area contributed by atoms with Crippen molar-refractivity contribution in [3.8, 4) is 0 Å². The number of carbonyl (C=O) groups excluding carboxylic acids is 1. The van der Waals surface area contributed by atoms with Crippen LogP contribution in [0, 0.1) is 5.41 Å². The molecule has 0 radical (unpaired) electrons. The fraction of sp³-hybridized carbons (Fsp3) is 0.765. The van der Waals surface area contributed by atoms with Crippen LogP contribution in [0.5, 0.6) is 0 Å². The first kappa shape index (κ1) is 18.2. The van der Waals surface area contributed by atoms with E-state index in [4.69, 9.17) is 4.74 Å². The molecule has 1 aromatic heterocycles. The molecule has 0 aromatic carbocycles. The number of hydrogen-bond donors (Lipinski definition) is 0. The topological polar surface area (TPSA) is 47.4 Å². The lowest BCUT2D eigenvalue weighted by Crippen LogP contribution is -2.58. The predicted octanol–water partition coefficient (Wildman–Crippen LogP) is 3.51. The summed E-state index contributed by atoms with van der Waals surface area (Å²) in [6, 6.07) is 1.21. The zero-order valence-corrected chi connectivity index (χ0v) is 16.4. The van der Waals surface area contributed by atoms with Gasteiger partial charge >= 0.3 is 0 Å². The number of rotatable bonds is 7. The van der Waals surface area contributed by atoms with Gasteiger partial charge in [-0.1, -0.05) is 40.4 Å². The molecule has 1 aliphatic rings. The van der Waals surface area contributed by atoms with Gasteiger partial charge in [-0.3, -0.25) is 4.79 Å². The Hall–Kier alpha value is -1.14. The maximum Gasteiger partial charge on any atom is 0.222 e. The highest BCUT2D eigenvalue weighted by molar-refractivity contribution is 6.76. The molecular weight excluding hydrogens is 306 g/mol. The van der Waals surface area contributed by atoms with Crippen molar-refractivity contribution < 1.29 is 9.53 Å². The SMILES string of the molecule is CCC(=O)N1CC(C)(C)C1c1nccn1COCC[Si](C)(C)C. The third-order valence-electron chi connectivity index (χ3n) is 4.47. The van der Waals surface area contributed by atoms with Gasteiger partial charge in [-0.05, 0) is 6.04 Å². The van der Waals surface area contributed by atoms with Crippen LogP contribution < -0.4 is 0 Å². The van der Waals surface area contributed by atoms with E-state index in [1.165, 1.54) is 0 Å². The second-order valence-corrected chi connectivity index (χ2v) is 14.0. The molecular formula is C17H31N3O2Si. The molecule has 0 N–H and O–H groups in total. The van der Waals surface area contributed by atoms with E-state index in [0.717, 1.165) is 25.0 Å². The van der Waals surface area contributed by atoms with Crippen LogP contribution in [-0.2, 0) is 16.3 Å². The smallest absolute Gasteiger partial charge is 0.222 e. The zero-order valence-electron chi connectivity index (χ0n) is 15.4. The molecule has 1 saturated heterocycles. The molecule has 5 nitrogen and oxygen atoms in total. The molecule has 2 heterocycles. The van der Waals surface area contributed by atoms with E-state index in [9.17, 15) is 4.79 Å². The van der Waals surface area contributed by atoms with E-state index in [0.29, 0.717) is 13.2 Å². The molecule has 1 aliphatic heterocycles. The Morgan fingerprint density at radius 1 is 1.43 bits per heavy atom. The molecule has 0 saturated carbocycles. The first-order valence-corrected chi connectivity index (χ1v) is 12.2. The van der Waals surface area contributed by atoms with Crippen LogP contribution in [0.3, 0.4) is 0 Å². The Kier molecular flexibility index (Phi) is 5.36. The van der Waals surface area contributed by atoms with Crippen LogP contribution in [0.25, 0.3) is 0 Å². The average molecular weight is 338 g/mol. The molecule has 0 aliphatic carbocycles. The molecule has 0 spiro atoms. The van der Waals surface area contributed by atoms with E-state index >= 15 is 0 Å². The van der Waals surface area contributed by atoms with E-state index in [1.54, 1.807) is 6.20 Å². The van der Waals surface area contributed by atoms with Crippen LogP contribution in [0.4, 0.5) is 0 Å². The van der Waals surface area contributed by atoms with Gasteiger partial charge in [0.1, 0.15) is 12.6 Å². The number of nitrogens with zero attached hydrogens (tertiary/aromatic N) is 3. The maximum absolute atomic E-state index is 12.1. The summed E-state index contributed by atoms with van der Waals surface area (Å²) in [5, 5.41) is 0. The number of hydrogen-bond acceptors (Lipinski definition) is 3. The Balaban J connectivity index is 2.03. The Morgan fingerprint density at radius 2 is 2.13 bits per heavy atom. The van der Waals surface area contributed by atoms with Gasteiger partial charge in [0.2, 0.25) is 5.91 Å². The van der Waals surface area contributed by atoms with Gasteiger partial charge in [-0.25, -0.2) is 4.98 Å². The van der Waals surface area contributed by atoms with Crippen molar-refractivity contribution in [2.75, 3.05) is 13.2 Å². The minimum atomic E-state index is -1.07. The van der Waals surface area contributed by atoms with Crippen LogP contribution in [0.2, 0.25) is 25.7 Å². The second kappa shape index (κ2) is 6.77. The van der Waals surface area contributed by atoms with Crippen LogP contribution in [0.1, 0.15) is 39.1 Å². The number of likely N-dealkylation sites (tertiary alicyclic amines) is 1. The summed E-state index contributed by atoms with van der Waals surface area (Å²) in [4.78, 5) is 18.6. The summed E-state index contributed by atoms with van der Waals surface area (Å²) in [5.74, 6) is 1.14. The third-order valence-corrected chi connectivity index (χ3v) is 6.18. The summed E-state index contributed by atoms with van der Waals surface area (Å²) in [7, 11) is -1.07. The van der Waals surface area contributed by atoms with Crippen LogP contribution >= 0.6 is 0 Å². The van der Waals surface area contributed by atoms with Crippen molar-refractivity contribution in [3.63, 3.8) is 0 Å². The molecule has 0 bridgehead atoms. The Labute approximate surface area is 141 Å². The van der Waals surface area contributed by atoms with Crippen molar-refractivity contribution >= 4 is 14.0 Å². The van der Waals surface area contributed by atoms with Crippen molar-refractivity contribution in [1.82, 2.24) is 14.5 Å². The molecule has 1 atom stereocenters. The number of ether oxygens (including phenoxy) is 1. The van der Waals surface area contributed by atoms with Gasteiger partial charge < -0.3 is 14.2 Å². The van der Waals surface area contributed by atoms with E-state index in [-0.39, 0.29) is 17.4 Å². The van der Waals surface area contributed by atoms with Crippen molar-refractivity contribution in [2.45, 2.75) is 65.6 Å². The molecule has 1 fully saturated rings. The lowest BCUT2D eigenvalue weighted by molar-refractivity contribution is -0.153. The molecule has 130 valence electrons. The van der Waals surface area contributed by atoms with Gasteiger partial charge in [-0.15, -0.1) is 0 Å². The van der Waals surface area contributed by atoms with E-state index in [2.05, 4.69) is 38.5 Å². The highest BCUT2D eigenvalue weighted by atomic mass is 28.3. The number of carbonyl (C=O) groups is 1. The summed E-state index contributed by atoms with van der Waals surface area (Å²) in [6.45, 7) is 15.5. The Bertz CT molecular complexity index is 548. The van der Waals surface area contributed by atoms with Crippen LogP contribution in [-0.4, -0.2) is 41.6 Å². The van der Waals surface area contributed by atoms with Gasteiger partial charge in [0.25, 0.3) is 0 Å². The van der Waals surface area contributed by atoms with Gasteiger partial charge in [-0.2, -0.15) is 0 Å². The van der Waals surface area contributed by atoms with Gasteiger partial charge in [0.05, 0.1) is 6.04 Å². The van der Waals surface area contributed by atoms with Crippen molar-refractivity contribution in [1.29, 1.82) is 0 Å². The molecule has 1 amide bonds. The average Bonchev–Trinajstić information content (AvgIpc) is 2.87. The molecule has 6 heteroatoms.